The molecule has 29 heavy (non-hydrogen) atoms. The van der Waals surface area contributed by atoms with Gasteiger partial charge in [-0.3, -0.25) is 10.1 Å². The second kappa shape index (κ2) is 8.33. The summed E-state index contributed by atoms with van der Waals surface area (Å²) in [6.07, 6.45) is -4.98. The molecular formula is C18H17F3N2O6. The van der Waals surface area contributed by atoms with Crippen molar-refractivity contribution in [1.29, 1.82) is 0 Å². The standard InChI is InChI=1S/C18H17F3N2O6/c1-4-29-17(25)12-9(2)22-15(18(19,20)21)14(16(24)28-3)13(12)10-6-5-7-11(8-10)23(26)27/h5-8,13,22H,4H2,1-3H3. The number of methoxy groups -OCH3 is 1. The lowest BCUT2D eigenvalue weighted by Gasteiger charge is -2.31. The quantitative estimate of drug-likeness (QED) is 0.448. The van der Waals surface area contributed by atoms with Crippen molar-refractivity contribution in [2.45, 2.75) is 25.9 Å². The van der Waals surface area contributed by atoms with Gasteiger partial charge in [0.05, 0.1) is 35.7 Å². The summed E-state index contributed by atoms with van der Waals surface area (Å²) in [6.45, 7) is 2.65. The third kappa shape index (κ3) is 4.39. The zero-order valence-electron chi connectivity index (χ0n) is 15.6. The van der Waals surface area contributed by atoms with Crippen LogP contribution < -0.4 is 5.32 Å². The molecule has 0 saturated carbocycles. The molecule has 1 aliphatic rings. The monoisotopic (exact) mass is 414 g/mol. The molecule has 1 heterocycles. The summed E-state index contributed by atoms with van der Waals surface area (Å²) in [4.78, 5) is 35.2. The molecule has 1 aromatic rings. The van der Waals surface area contributed by atoms with Crippen LogP contribution in [0.1, 0.15) is 25.3 Å². The number of benzene rings is 1. The number of non-ortho nitro benzene ring substituents is 1. The predicted molar refractivity (Wildman–Crippen MR) is 93.4 cm³/mol. The predicted octanol–water partition coefficient (Wildman–Crippen LogP) is 3.11. The first-order valence-electron chi connectivity index (χ1n) is 8.31. The number of halogens is 3. The molecule has 8 nitrogen and oxygen atoms in total. The number of hydrogen-bond acceptors (Lipinski definition) is 7. The molecule has 2 rings (SSSR count). The van der Waals surface area contributed by atoms with E-state index in [2.05, 4.69) is 4.74 Å². The number of ether oxygens (including phenoxy) is 2. The molecule has 1 N–H and O–H groups in total. The van der Waals surface area contributed by atoms with Crippen LogP contribution >= 0.6 is 0 Å². The highest BCUT2D eigenvalue weighted by atomic mass is 19.4. The van der Waals surface area contributed by atoms with Gasteiger partial charge in [0, 0.05) is 17.8 Å². The maximum Gasteiger partial charge on any atom is 0.431 e. The second-order valence-electron chi connectivity index (χ2n) is 5.95. The molecule has 1 aromatic carbocycles. The Labute approximate surface area is 163 Å². The number of alkyl halides is 3. The van der Waals surface area contributed by atoms with Crippen LogP contribution in [0.3, 0.4) is 0 Å². The van der Waals surface area contributed by atoms with E-state index in [1.165, 1.54) is 26.0 Å². The minimum atomic E-state index is -4.98. The van der Waals surface area contributed by atoms with Gasteiger partial charge in [0.15, 0.2) is 0 Å². The van der Waals surface area contributed by atoms with Crippen molar-refractivity contribution >= 4 is 17.6 Å². The first-order valence-corrected chi connectivity index (χ1v) is 8.31. The van der Waals surface area contributed by atoms with Crippen molar-refractivity contribution in [2.24, 2.45) is 0 Å². The van der Waals surface area contributed by atoms with E-state index in [1.54, 1.807) is 0 Å². The maximum absolute atomic E-state index is 13.7. The largest absolute Gasteiger partial charge is 0.466 e. The number of nitro groups is 1. The van der Waals surface area contributed by atoms with E-state index in [0.717, 1.165) is 19.2 Å². The molecule has 0 radical (unpaired) electrons. The van der Waals surface area contributed by atoms with Crippen LogP contribution in [0.5, 0.6) is 0 Å². The minimum absolute atomic E-state index is 0.0646. The fraction of sp³-hybridized carbons (Fsp3) is 0.333. The molecule has 0 fully saturated rings. The average Bonchev–Trinajstić information content (AvgIpc) is 2.65. The Morgan fingerprint density at radius 3 is 2.41 bits per heavy atom. The van der Waals surface area contributed by atoms with Crippen LogP contribution in [0.25, 0.3) is 0 Å². The Kier molecular flexibility index (Phi) is 6.30. The third-order valence-electron chi connectivity index (χ3n) is 4.16. The Morgan fingerprint density at radius 1 is 1.24 bits per heavy atom. The number of hydrogen-bond donors (Lipinski definition) is 1. The first kappa shape index (κ1) is 21.9. The van der Waals surface area contributed by atoms with E-state index in [0.29, 0.717) is 0 Å². The minimum Gasteiger partial charge on any atom is -0.466 e. The Balaban J connectivity index is 2.85. The smallest absolute Gasteiger partial charge is 0.431 e. The van der Waals surface area contributed by atoms with Gasteiger partial charge in [0.2, 0.25) is 0 Å². The zero-order chi connectivity index (χ0) is 21.9. The first-order chi connectivity index (χ1) is 13.5. The summed E-state index contributed by atoms with van der Waals surface area (Å²) in [5.41, 5.74) is -3.26. The van der Waals surface area contributed by atoms with Crippen molar-refractivity contribution in [1.82, 2.24) is 5.32 Å². The van der Waals surface area contributed by atoms with E-state index in [1.807, 2.05) is 5.32 Å². The highest BCUT2D eigenvalue weighted by Crippen LogP contribution is 2.43. The second-order valence-corrected chi connectivity index (χ2v) is 5.95. The Hall–Kier alpha value is -3.37. The number of esters is 2. The van der Waals surface area contributed by atoms with Crippen molar-refractivity contribution in [2.75, 3.05) is 13.7 Å². The fourth-order valence-corrected chi connectivity index (χ4v) is 3.01. The molecule has 1 unspecified atom stereocenters. The molecular weight excluding hydrogens is 397 g/mol. The molecule has 11 heteroatoms. The number of carbonyl (C=O) groups excluding carboxylic acids is 2. The van der Waals surface area contributed by atoms with Gasteiger partial charge in [-0.1, -0.05) is 12.1 Å². The van der Waals surface area contributed by atoms with E-state index >= 15 is 0 Å². The van der Waals surface area contributed by atoms with E-state index < -0.39 is 45.9 Å². The summed E-state index contributed by atoms with van der Waals surface area (Å²) < 4.78 is 50.4. The van der Waals surface area contributed by atoms with Crippen LogP contribution in [0.4, 0.5) is 18.9 Å². The lowest BCUT2D eigenvalue weighted by atomic mass is 9.80. The number of dihydropyridines is 1. The number of nitro benzene ring substituents is 1. The van der Waals surface area contributed by atoms with Gasteiger partial charge in [-0.05, 0) is 19.4 Å². The van der Waals surface area contributed by atoms with Crippen LogP contribution in [-0.2, 0) is 19.1 Å². The molecule has 0 amide bonds. The number of rotatable bonds is 5. The highest BCUT2D eigenvalue weighted by Gasteiger charge is 2.47. The normalized spacial score (nSPS) is 17.0. The van der Waals surface area contributed by atoms with Gasteiger partial charge in [-0.25, -0.2) is 9.59 Å². The number of nitrogens with one attached hydrogen (secondary N) is 1. The molecule has 0 aromatic heterocycles. The Bertz CT molecular complexity index is 920. The number of allylic oxidation sites excluding steroid dienone is 2. The topological polar surface area (TPSA) is 108 Å². The van der Waals surface area contributed by atoms with Gasteiger partial charge < -0.3 is 14.8 Å². The summed E-state index contributed by atoms with van der Waals surface area (Å²) >= 11 is 0. The average molecular weight is 414 g/mol. The van der Waals surface area contributed by atoms with Gasteiger partial charge in [-0.15, -0.1) is 0 Å². The lowest BCUT2D eigenvalue weighted by Crippen LogP contribution is -2.38. The molecule has 156 valence electrons. The summed E-state index contributed by atoms with van der Waals surface area (Å²) in [6, 6.07) is 4.67. The van der Waals surface area contributed by atoms with Gasteiger partial charge in [0.25, 0.3) is 5.69 Å². The van der Waals surface area contributed by atoms with Crippen molar-refractivity contribution < 1.29 is 37.2 Å². The molecule has 0 bridgehead atoms. The van der Waals surface area contributed by atoms with Gasteiger partial charge in [-0.2, -0.15) is 13.2 Å². The lowest BCUT2D eigenvalue weighted by molar-refractivity contribution is -0.384. The third-order valence-corrected chi connectivity index (χ3v) is 4.16. The summed E-state index contributed by atoms with van der Waals surface area (Å²) in [7, 11) is 0.892. The number of carbonyl (C=O) groups is 2. The van der Waals surface area contributed by atoms with Crippen LogP contribution in [0.15, 0.2) is 46.8 Å². The Morgan fingerprint density at radius 2 is 1.90 bits per heavy atom. The van der Waals surface area contributed by atoms with E-state index in [4.69, 9.17) is 4.74 Å². The van der Waals surface area contributed by atoms with Gasteiger partial charge >= 0.3 is 18.1 Å². The number of nitrogens with zero attached hydrogens (tertiary/aromatic N) is 1. The van der Waals surface area contributed by atoms with Crippen molar-refractivity contribution in [3.05, 3.63) is 62.5 Å². The van der Waals surface area contributed by atoms with E-state index in [9.17, 15) is 32.9 Å². The molecule has 0 aliphatic carbocycles. The summed E-state index contributed by atoms with van der Waals surface area (Å²) in [5.74, 6) is -3.88. The van der Waals surface area contributed by atoms with E-state index in [-0.39, 0.29) is 23.4 Å². The SMILES string of the molecule is CCOC(=O)C1=C(C)NC(C(F)(F)F)=C(C(=O)OC)C1c1cccc([N+](=O)[O-])c1. The molecule has 0 saturated heterocycles. The maximum atomic E-state index is 13.7. The van der Waals surface area contributed by atoms with Crippen LogP contribution in [-0.4, -0.2) is 36.8 Å². The molecule has 1 atom stereocenters. The highest BCUT2D eigenvalue weighted by molar-refractivity contribution is 6.00. The van der Waals surface area contributed by atoms with Crippen molar-refractivity contribution in [3.63, 3.8) is 0 Å². The molecule has 1 aliphatic heterocycles. The zero-order valence-corrected chi connectivity index (χ0v) is 15.6. The molecule has 0 spiro atoms. The van der Waals surface area contributed by atoms with Crippen molar-refractivity contribution in [3.8, 4) is 0 Å². The van der Waals surface area contributed by atoms with Gasteiger partial charge in [0.1, 0.15) is 5.70 Å². The van der Waals surface area contributed by atoms with Crippen LogP contribution in [0.2, 0.25) is 0 Å². The fourth-order valence-electron chi connectivity index (χ4n) is 3.01. The summed E-state index contributed by atoms with van der Waals surface area (Å²) in [5, 5.41) is 13.2. The van der Waals surface area contributed by atoms with Crippen LogP contribution in [0, 0.1) is 10.1 Å².